The van der Waals surface area contributed by atoms with Crippen LogP contribution >= 0.6 is 35.4 Å². The number of nitrogens with two attached hydrogens (primary N) is 1. The summed E-state index contributed by atoms with van der Waals surface area (Å²) in [4.78, 5) is 22.8. The largest absolute Gasteiger partial charge is 0.392 e. The highest BCUT2D eigenvalue weighted by molar-refractivity contribution is 7.80. The monoisotopic (exact) mass is 305 g/mol. The summed E-state index contributed by atoms with van der Waals surface area (Å²) < 4.78 is 0. The maximum atomic E-state index is 11.4. The number of carbonyl (C=O) groups excluding carboxylic acids is 2. The first-order valence-corrected chi connectivity index (χ1v) is 5.89. The van der Waals surface area contributed by atoms with Crippen molar-refractivity contribution in [3.63, 3.8) is 0 Å². The van der Waals surface area contributed by atoms with Crippen molar-refractivity contribution in [2.24, 2.45) is 5.73 Å². The van der Waals surface area contributed by atoms with Gasteiger partial charge in [0, 0.05) is 5.69 Å². The third-order valence-corrected chi connectivity index (χ3v) is 2.69. The van der Waals surface area contributed by atoms with E-state index in [-0.39, 0.29) is 16.6 Å². The summed E-state index contributed by atoms with van der Waals surface area (Å²) in [5, 5.41) is 5.24. The smallest absolute Gasteiger partial charge is 0.313 e. The minimum absolute atomic E-state index is 0.0387. The van der Waals surface area contributed by atoms with Crippen LogP contribution in [0.25, 0.3) is 0 Å². The van der Waals surface area contributed by atoms with Crippen LogP contribution in [0.5, 0.6) is 0 Å². The van der Waals surface area contributed by atoms with Crippen molar-refractivity contribution in [2.45, 2.75) is 0 Å². The van der Waals surface area contributed by atoms with Crippen molar-refractivity contribution in [1.29, 1.82) is 0 Å². The third-order valence-electron chi connectivity index (χ3n) is 1.81. The molecule has 0 saturated heterocycles. The molecule has 2 amide bonds. The molecule has 0 aliphatic carbocycles. The van der Waals surface area contributed by atoms with E-state index in [0.29, 0.717) is 10.7 Å². The van der Waals surface area contributed by atoms with E-state index in [9.17, 15) is 9.59 Å². The van der Waals surface area contributed by atoms with Gasteiger partial charge in [-0.1, -0.05) is 35.4 Å². The van der Waals surface area contributed by atoms with E-state index in [0.717, 1.165) is 0 Å². The molecular weight excluding hydrogens is 297 g/mol. The Morgan fingerprint density at radius 3 is 2.44 bits per heavy atom. The van der Waals surface area contributed by atoms with Crippen molar-refractivity contribution < 1.29 is 9.59 Å². The van der Waals surface area contributed by atoms with Gasteiger partial charge in [-0.25, -0.2) is 0 Å². The Hall–Kier alpha value is -1.37. The fraction of sp³-hybridized carbons (Fsp3) is 0.100. The SMILES string of the molecule is NC(=S)CNC(=O)C(=O)Nc1ccc(Cl)c(Cl)c1. The number of thiocarbonyl (C=S) groups is 1. The number of amides is 2. The van der Waals surface area contributed by atoms with E-state index in [1.54, 1.807) is 0 Å². The number of anilines is 1. The van der Waals surface area contributed by atoms with E-state index >= 15 is 0 Å². The average molecular weight is 306 g/mol. The number of halogens is 2. The second-order valence-corrected chi connectivity index (χ2v) is 4.57. The predicted molar refractivity (Wildman–Crippen MR) is 74.9 cm³/mol. The van der Waals surface area contributed by atoms with Gasteiger partial charge in [0.25, 0.3) is 0 Å². The Labute approximate surface area is 119 Å². The van der Waals surface area contributed by atoms with Crippen LogP contribution in [-0.4, -0.2) is 23.3 Å². The Balaban J connectivity index is 2.61. The molecule has 96 valence electrons. The van der Waals surface area contributed by atoms with E-state index in [4.69, 9.17) is 28.9 Å². The standard InChI is InChI=1S/C10H9Cl2N3O2S/c11-6-2-1-5(3-7(6)12)15-10(17)9(16)14-4-8(13)18/h1-3H,4H2,(H2,13,18)(H,14,16)(H,15,17). The molecule has 18 heavy (non-hydrogen) atoms. The summed E-state index contributed by atoms with van der Waals surface area (Å²) >= 11 is 16.0. The first-order chi connectivity index (χ1) is 8.40. The lowest BCUT2D eigenvalue weighted by Crippen LogP contribution is -2.39. The highest BCUT2D eigenvalue weighted by Gasteiger charge is 2.13. The fourth-order valence-electron chi connectivity index (χ4n) is 1.01. The fourth-order valence-corrected chi connectivity index (χ4v) is 1.38. The van der Waals surface area contributed by atoms with Crippen LogP contribution in [-0.2, 0) is 9.59 Å². The Kier molecular flexibility index (Phi) is 5.33. The lowest BCUT2D eigenvalue weighted by Gasteiger charge is -2.06. The second kappa shape index (κ2) is 6.53. The zero-order valence-corrected chi connectivity index (χ0v) is 11.3. The van der Waals surface area contributed by atoms with Gasteiger partial charge in [-0.2, -0.15) is 0 Å². The minimum Gasteiger partial charge on any atom is -0.392 e. The van der Waals surface area contributed by atoms with Gasteiger partial charge in [0.1, 0.15) is 0 Å². The minimum atomic E-state index is -0.843. The summed E-state index contributed by atoms with van der Waals surface area (Å²) in [5.41, 5.74) is 5.54. The van der Waals surface area contributed by atoms with Crippen LogP contribution in [0.1, 0.15) is 0 Å². The maximum absolute atomic E-state index is 11.4. The Morgan fingerprint density at radius 1 is 1.22 bits per heavy atom. The zero-order chi connectivity index (χ0) is 13.7. The zero-order valence-electron chi connectivity index (χ0n) is 9.00. The van der Waals surface area contributed by atoms with Gasteiger partial charge in [0.05, 0.1) is 21.6 Å². The lowest BCUT2D eigenvalue weighted by atomic mass is 10.3. The van der Waals surface area contributed by atoms with Crippen molar-refractivity contribution in [3.8, 4) is 0 Å². The van der Waals surface area contributed by atoms with Crippen molar-refractivity contribution in [3.05, 3.63) is 28.2 Å². The van der Waals surface area contributed by atoms with Crippen LogP contribution in [0.15, 0.2) is 18.2 Å². The summed E-state index contributed by atoms with van der Waals surface area (Å²) in [6.07, 6.45) is 0. The molecule has 0 saturated carbocycles. The molecule has 0 spiro atoms. The summed E-state index contributed by atoms with van der Waals surface area (Å²) in [5.74, 6) is -1.68. The van der Waals surface area contributed by atoms with Crippen LogP contribution in [0.3, 0.4) is 0 Å². The van der Waals surface area contributed by atoms with Crippen molar-refractivity contribution >= 4 is 57.9 Å². The van der Waals surface area contributed by atoms with Crippen LogP contribution in [0.2, 0.25) is 10.0 Å². The lowest BCUT2D eigenvalue weighted by molar-refractivity contribution is -0.135. The highest BCUT2D eigenvalue weighted by atomic mass is 35.5. The quantitative estimate of drug-likeness (QED) is 0.581. The molecule has 0 unspecified atom stereocenters. The topological polar surface area (TPSA) is 84.2 Å². The third kappa shape index (κ3) is 4.48. The number of rotatable bonds is 3. The van der Waals surface area contributed by atoms with Gasteiger partial charge in [-0.05, 0) is 18.2 Å². The molecule has 0 heterocycles. The second-order valence-electron chi connectivity index (χ2n) is 3.23. The van der Waals surface area contributed by atoms with Gasteiger partial charge in [0.2, 0.25) is 0 Å². The van der Waals surface area contributed by atoms with Crippen LogP contribution < -0.4 is 16.4 Å². The van der Waals surface area contributed by atoms with E-state index < -0.39 is 11.8 Å². The Morgan fingerprint density at radius 2 is 1.89 bits per heavy atom. The normalized spacial score (nSPS) is 9.67. The van der Waals surface area contributed by atoms with E-state index in [1.165, 1.54) is 18.2 Å². The molecule has 0 radical (unpaired) electrons. The van der Waals surface area contributed by atoms with Gasteiger partial charge < -0.3 is 16.4 Å². The average Bonchev–Trinajstić information content (AvgIpc) is 2.30. The summed E-state index contributed by atoms with van der Waals surface area (Å²) in [7, 11) is 0. The first-order valence-electron chi connectivity index (χ1n) is 4.72. The molecule has 5 nitrogen and oxygen atoms in total. The molecule has 0 aliphatic rings. The number of hydrogen-bond acceptors (Lipinski definition) is 3. The molecular formula is C10H9Cl2N3O2S. The molecule has 0 aromatic heterocycles. The number of hydrogen-bond donors (Lipinski definition) is 3. The summed E-state index contributed by atoms with van der Waals surface area (Å²) in [6.45, 7) is -0.0387. The van der Waals surface area contributed by atoms with Crippen LogP contribution in [0, 0.1) is 0 Å². The molecule has 8 heteroatoms. The number of benzene rings is 1. The highest BCUT2D eigenvalue weighted by Crippen LogP contribution is 2.24. The molecule has 1 rings (SSSR count). The van der Waals surface area contributed by atoms with Gasteiger partial charge in [0.15, 0.2) is 0 Å². The molecule has 1 aromatic carbocycles. The van der Waals surface area contributed by atoms with Crippen molar-refractivity contribution in [1.82, 2.24) is 5.32 Å². The summed E-state index contributed by atoms with van der Waals surface area (Å²) in [6, 6.07) is 4.46. The predicted octanol–water partition coefficient (Wildman–Crippen LogP) is 1.33. The Bertz CT molecular complexity index is 508. The van der Waals surface area contributed by atoms with Gasteiger partial charge >= 0.3 is 11.8 Å². The number of nitrogens with one attached hydrogen (secondary N) is 2. The molecule has 0 atom stereocenters. The van der Waals surface area contributed by atoms with E-state index in [2.05, 4.69) is 22.9 Å². The molecule has 0 bridgehead atoms. The first kappa shape index (κ1) is 14.7. The molecule has 0 fully saturated rings. The van der Waals surface area contributed by atoms with E-state index in [1.807, 2.05) is 0 Å². The molecule has 4 N–H and O–H groups in total. The number of carbonyl (C=O) groups is 2. The maximum Gasteiger partial charge on any atom is 0.313 e. The van der Waals surface area contributed by atoms with Crippen LogP contribution in [0.4, 0.5) is 5.69 Å². The molecule has 1 aromatic rings. The molecule has 0 aliphatic heterocycles. The van der Waals surface area contributed by atoms with Crippen molar-refractivity contribution in [2.75, 3.05) is 11.9 Å². The van der Waals surface area contributed by atoms with Gasteiger partial charge in [-0.15, -0.1) is 0 Å². The van der Waals surface area contributed by atoms with Gasteiger partial charge in [-0.3, -0.25) is 9.59 Å².